The molecular formula is C10H14N2O2. The third-order valence-electron chi connectivity index (χ3n) is 2.02. The number of methoxy groups -OCH3 is 1. The zero-order valence-corrected chi connectivity index (χ0v) is 8.03. The Hall–Kier alpha value is -1.68. The number of nitrogen functional groups attached to an aromatic ring is 1. The molecule has 4 heteroatoms. The molecule has 1 rings (SSSR count). The molecule has 0 saturated heterocycles. The van der Waals surface area contributed by atoms with E-state index < -0.39 is 6.04 Å². The lowest BCUT2D eigenvalue weighted by atomic mass is 10.0. The molecule has 0 saturated carbocycles. The van der Waals surface area contributed by atoms with Crippen molar-refractivity contribution < 1.29 is 9.84 Å². The lowest BCUT2D eigenvalue weighted by Crippen LogP contribution is -2.10. The fourth-order valence-electron chi connectivity index (χ4n) is 1.24. The summed E-state index contributed by atoms with van der Waals surface area (Å²) in [6.45, 7) is 3.54. The Labute approximate surface area is 82.8 Å². The number of anilines is 1. The second kappa shape index (κ2) is 4.02. The summed E-state index contributed by atoms with van der Waals surface area (Å²) in [6.07, 6.45) is 1.50. The largest absolute Gasteiger partial charge is 0.504 e. The van der Waals surface area contributed by atoms with Crippen LogP contribution in [0.2, 0.25) is 0 Å². The van der Waals surface area contributed by atoms with Crippen LogP contribution in [0.4, 0.5) is 5.69 Å². The Balaban J connectivity index is 3.31. The third kappa shape index (κ3) is 1.65. The Morgan fingerprint density at radius 1 is 1.57 bits per heavy atom. The number of rotatable bonds is 3. The van der Waals surface area contributed by atoms with Crippen LogP contribution in [-0.2, 0) is 0 Å². The van der Waals surface area contributed by atoms with E-state index in [1.54, 1.807) is 12.1 Å². The number of phenols is 1. The van der Waals surface area contributed by atoms with Gasteiger partial charge in [-0.15, -0.1) is 6.58 Å². The van der Waals surface area contributed by atoms with E-state index in [0.717, 1.165) is 0 Å². The molecule has 0 spiro atoms. The van der Waals surface area contributed by atoms with Gasteiger partial charge in [-0.05, 0) is 12.1 Å². The topological polar surface area (TPSA) is 81.5 Å². The highest BCUT2D eigenvalue weighted by atomic mass is 16.5. The van der Waals surface area contributed by atoms with Crippen molar-refractivity contribution in [2.45, 2.75) is 6.04 Å². The highest BCUT2D eigenvalue weighted by Gasteiger charge is 2.15. The SMILES string of the molecule is C=C[C@H](N)c1c(N)ccc(OC)c1O. The van der Waals surface area contributed by atoms with E-state index >= 15 is 0 Å². The number of hydrogen-bond donors (Lipinski definition) is 3. The molecule has 4 nitrogen and oxygen atoms in total. The normalized spacial score (nSPS) is 12.1. The van der Waals surface area contributed by atoms with Crippen LogP contribution in [0.5, 0.6) is 11.5 Å². The summed E-state index contributed by atoms with van der Waals surface area (Å²) in [5, 5.41) is 9.74. The van der Waals surface area contributed by atoms with Crippen LogP contribution < -0.4 is 16.2 Å². The van der Waals surface area contributed by atoms with Crippen molar-refractivity contribution in [2.24, 2.45) is 5.73 Å². The zero-order chi connectivity index (χ0) is 10.7. The van der Waals surface area contributed by atoms with E-state index in [1.165, 1.54) is 13.2 Å². The molecule has 0 aliphatic carbocycles. The smallest absolute Gasteiger partial charge is 0.164 e. The van der Waals surface area contributed by atoms with Gasteiger partial charge in [-0.1, -0.05) is 6.08 Å². The van der Waals surface area contributed by atoms with Crippen LogP contribution in [0.1, 0.15) is 11.6 Å². The van der Waals surface area contributed by atoms with Gasteiger partial charge in [-0.2, -0.15) is 0 Å². The number of ether oxygens (including phenoxy) is 1. The molecule has 0 fully saturated rings. The number of hydrogen-bond acceptors (Lipinski definition) is 4. The van der Waals surface area contributed by atoms with E-state index in [4.69, 9.17) is 16.2 Å². The quantitative estimate of drug-likeness (QED) is 0.498. The van der Waals surface area contributed by atoms with Gasteiger partial charge in [0.1, 0.15) is 0 Å². The fourth-order valence-corrected chi connectivity index (χ4v) is 1.24. The van der Waals surface area contributed by atoms with Gasteiger partial charge in [0.05, 0.1) is 13.2 Å². The van der Waals surface area contributed by atoms with Crippen LogP contribution in [0.25, 0.3) is 0 Å². The van der Waals surface area contributed by atoms with Crippen LogP contribution in [0, 0.1) is 0 Å². The minimum Gasteiger partial charge on any atom is -0.504 e. The number of phenolic OH excluding ortho intramolecular Hbond substituents is 1. The summed E-state index contributed by atoms with van der Waals surface area (Å²) in [6, 6.07) is 2.73. The first-order chi connectivity index (χ1) is 6.61. The van der Waals surface area contributed by atoms with E-state index in [2.05, 4.69) is 6.58 Å². The van der Waals surface area contributed by atoms with Gasteiger partial charge < -0.3 is 21.3 Å². The summed E-state index contributed by atoms with van der Waals surface area (Å²) in [5.41, 5.74) is 12.3. The van der Waals surface area contributed by atoms with E-state index in [9.17, 15) is 5.11 Å². The summed E-state index contributed by atoms with van der Waals surface area (Å²) >= 11 is 0. The molecule has 0 aliphatic heterocycles. The summed E-state index contributed by atoms with van der Waals surface area (Å²) < 4.78 is 4.94. The molecule has 1 aromatic carbocycles. The summed E-state index contributed by atoms with van der Waals surface area (Å²) in [7, 11) is 1.47. The average Bonchev–Trinajstić information content (AvgIpc) is 2.18. The molecule has 5 N–H and O–H groups in total. The minimum atomic E-state index is -0.495. The van der Waals surface area contributed by atoms with Crippen molar-refractivity contribution in [1.82, 2.24) is 0 Å². The molecule has 0 amide bonds. The number of aromatic hydroxyl groups is 1. The van der Waals surface area contributed by atoms with E-state index in [1.807, 2.05) is 0 Å². The number of nitrogens with two attached hydrogens (primary N) is 2. The molecule has 0 aliphatic rings. The second-order valence-electron chi connectivity index (χ2n) is 2.88. The van der Waals surface area contributed by atoms with Crippen LogP contribution in [0.3, 0.4) is 0 Å². The predicted molar refractivity (Wildman–Crippen MR) is 56.2 cm³/mol. The van der Waals surface area contributed by atoms with Gasteiger partial charge in [-0.25, -0.2) is 0 Å². The van der Waals surface area contributed by atoms with Gasteiger partial charge in [0, 0.05) is 11.3 Å². The standard InChI is InChI=1S/C10H14N2O2/c1-3-6(11)9-7(12)4-5-8(14-2)10(9)13/h3-6,13H,1,11-12H2,2H3/t6-/m0/s1. The molecule has 0 unspecified atom stereocenters. The second-order valence-corrected chi connectivity index (χ2v) is 2.88. The van der Waals surface area contributed by atoms with Crippen molar-refractivity contribution >= 4 is 5.69 Å². The fraction of sp³-hybridized carbons (Fsp3) is 0.200. The lowest BCUT2D eigenvalue weighted by Gasteiger charge is -2.14. The number of benzene rings is 1. The molecule has 1 atom stereocenters. The van der Waals surface area contributed by atoms with Crippen molar-refractivity contribution in [2.75, 3.05) is 12.8 Å². The zero-order valence-electron chi connectivity index (χ0n) is 8.03. The van der Waals surface area contributed by atoms with Gasteiger partial charge in [0.15, 0.2) is 11.5 Å². The van der Waals surface area contributed by atoms with Crippen molar-refractivity contribution in [3.05, 3.63) is 30.4 Å². The Bertz CT molecular complexity index is 350. The van der Waals surface area contributed by atoms with E-state index in [0.29, 0.717) is 17.0 Å². The van der Waals surface area contributed by atoms with Crippen LogP contribution in [0.15, 0.2) is 24.8 Å². The van der Waals surface area contributed by atoms with Crippen molar-refractivity contribution in [1.29, 1.82) is 0 Å². The van der Waals surface area contributed by atoms with Gasteiger partial charge in [0.2, 0.25) is 0 Å². The van der Waals surface area contributed by atoms with Crippen LogP contribution in [-0.4, -0.2) is 12.2 Å². The van der Waals surface area contributed by atoms with Crippen molar-refractivity contribution in [3.63, 3.8) is 0 Å². The average molecular weight is 194 g/mol. The molecule has 0 radical (unpaired) electrons. The monoisotopic (exact) mass is 194 g/mol. The molecule has 1 aromatic rings. The molecular weight excluding hydrogens is 180 g/mol. The molecule has 0 aromatic heterocycles. The van der Waals surface area contributed by atoms with Gasteiger partial charge >= 0.3 is 0 Å². The third-order valence-corrected chi connectivity index (χ3v) is 2.02. The van der Waals surface area contributed by atoms with Gasteiger partial charge in [0.25, 0.3) is 0 Å². The first kappa shape index (κ1) is 10.4. The maximum Gasteiger partial charge on any atom is 0.164 e. The summed E-state index contributed by atoms with van der Waals surface area (Å²) in [4.78, 5) is 0. The molecule has 0 bridgehead atoms. The van der Waals surface area contributed by atoms with Crippen LogP contribution >= 0.6 is 0 Å². The molecule has 0 heterocycles. The highest BCUT2D eigenvalue weighted by molar-refractivity contribution is 5.61. The molecule has 76 valence electrons. The predicted octanol–water partition coefficient (Wildman–Crippen LogP) is 1.17. The minimum absolute atomic E-state index is 0.0279. The van der Waals surface area contributed by atoms with Gasteiger partial charge in [-0.3, -0.25) is 0 Å². The van der Waals surface area contributed by atoms with E-state index in [-0.39, 0.29) is 5.75 Å². The maximum absolute atomic E-state index is 9.74. The lowest BCUT2D eigenvalue weighted by molar-refractivity contribution is 0.370. The Morgan fingerprint density at radius 2 is 2.21 bits per heavy atom. The van der Waals surface area contributed by atoms with Crippen molar-refractivity contribution in [3.8, 4) is 11.5 Å². The summed E-state index contributed by atoms with van der Waals surface area (Å²) in [5.74, 6) is 0.325. The molecule has 14 heavy (non-hydrogen) atoms. The maximum atomic E-state index is 9.74. The Kier molecular flexibility index (Phi) is 2.99. The highest BCUT2D eigenvalue weighted by Crippen LogP contribution is 2.37. The first-order valence-corrected chi connectivity index (χ1v) is 4.15. The Morgan fingerprint density at radius 3 is 2.71 bits per heavy atom. The first-order valence-electron chi connectivity index (χ1n) is 4.15.